The van der Waals surface area contributed by atoms with Crippen molar-refractivity contribution in [2.75, 3.05) is 26.2 Å². The highest BCUT2D eigenvalue weighted by atomic mass is 35.5. The SMILES string of the molecule is Cl.Cl.Cl.c1ccc2c(c1)cc(CNCCCNCCNCc1cc3ccccc3c3ccccc13)c1ccccc12. The van der Waals surface area contributed by atoms with Gasteiger partial charge in [-0.15, -0.1) is 37.2 Å². The standard InChI is InChI=1S/C35H35N3.3ClH/c1-3-12-30-26(10-1)22-28(32-14-5-7-16-34(30)32)24-37-19-9-18-36-20-21-38-25-29-23-27-11-2-4-13-31(27)35-17-8-6-15-33(29)35;;;/h1-8,10-17,22-23,36-38H,9,18-21,24-25H2;3*1H. The molecule has 41 heavy (non-hydrogen) atoms. The molecule has 0 saturated heterocycles. The summed E-state index contributed by atoms with van der Waals surface area (Å²) in [5, 5.41) is 21.5. The second kappa shape index (κ2) is 15.9. The third kappa shape index (κ3) is 7.50. The summed E-state index contributed by atoms with van der Waals surface area (Å²) < 4.78 is 0. The average Bonchev–Trinajstić information content (AvgIpc) is 2.98. The maximum absolute atomic E-state index is 3.66. The van der Waals surface area contributed by atoms with Gasteiger partial charge in [-0.25, -0.2) is 0 Å². The van der Waals surface area contributed by atoms with Gasteiger partial charge in [0, 0.05) is 26.2 Å². The number of halogens is 3. The van der Waals surface area contributed by atoms with Gasteiger partial charge in [0.25, 0.3) is 0 Å². The molecule has 6 aromatic carbocycles. The summed E-state index contributed by atoms with van der Waals surface area (Å²) in [6.07, 6.45) is 1.11. The Hall–Kier alpha value is -2.89. The Morgan fingerprint density at radius 1 is 0.366 bits per heavy atom. The van der Waals surface area contributed by atoms with Crippen molar-refractivity contribution in [3.8, 4) is 0 Å². The number of rotatable bonds is 11. The summed E-state index contributed by atoms with van der Waals surface area (Å²) in [4.78, 5) is 0. The van der Waals surface area contributed by atoms with Crippen molar-refractivity contribution in [1.82, 2.24) is 16.0 Å². The Kier molecular flexibility index (Phi) is 12.7. The molecule has 6 rings (SSSR count). The lowest BCUT2D eigenvalue weighted by atomic mass is 9.97. The molecule has 0 aliphatic heterocycles. The number of benzene rings is 6. The van der Waals surface area contributed by atoms with E-state index in [1.807, 2.05) is 0 Å². The molecule has 0 aliphatic carbocycles. The molecule has 0 aromatic heterocycles. The van der Waals surface area contributed by atoms with Gasteiger partial charge in [0.15, 0.2) is 0 Å². The van der Waals surface area contributed by atoms with Crippen LogP contribution in [-0.4, -0.2) is 26.2 Å². The molecule has 3 nitrogen and oxygen atoms in total. The zero-order valence-electron chi connectivity index (χ0n) is 23.1. The summed E-state index contributed by atoms with van der Waals surface area (Å²) >= 11 is 0. The average molecular weight is 607 g/mol. The van der Waals surface area contributed by atoms with Crippen molar-refractivity contribution in [3.05, 3.63) is 120 Å². The molecule has 0 amide bonds. The maximum Gasteiger partial charge on any atom is 0.0212 e. The summed E-state index contributed by atoms with van der Waals surface area (Å²) in [5.74, 6) is 0. The molecule has 0 spiro atoms. The van der Waals surface area contributed by atoms with E-state index >= 15 is 0 Å². The van der Waals surface area contributed by atoms with Crippen molar-refractivity contribution in [2.24, 2.45) is 0 Å². The molecule has 6 heteroatoms. The van der Waals surface area contributed by atoms with Crippen LogP contribution in [0.4, 0.5) is 0 Å². The third-order valence-corrected chi connectivity index (χ3v) is 7.52. The lowest BCUT2D eigenvalue weighted by Crippen LogP contribution is -2.29. The Morgan fingerprint density at radius 2 is 0.732 bits per heavy atom. The van der Waals surface area contributed by atoms with Crippen LogP contribution >= 0.6 is 37.2 Å². The van der Waals surface area contributed by atoms with Gasteiger partial charge < -0.3 is 16.0 Å². The number of hydrogen-bond donors (Lipinski definition) is 3. The van der Waals surface area contributed by atoms with Crippen LogP contribution in [0.3, 0.4) is 0 Å². The molecule has 0 unspecified atom stereocenters. The summed E-state index contributed by atoms with van der Waals surface area (Å²) in [6, 6.07) is 39.5. The van der Waals surface area contributed by atoms with Crippen LogP contribution in [0.25, 0.3) is 43.1 Å². The molecule has 0 aliphatic rings. The first-order valence-corrected chi connectivity index (χ1v) is 13.8. The van der Waals surface area contributed by atoms with Crippen molar-refractivity contribution in [3.63, 3.8) is 0 Å². The number of hydrogen-bond acceptors (Lipinski definition) is 3. The minimum atomic E-state index is 0. The van der Waals surface area contributed by atoms with Crippen molar-refractivity contribution in [2.45, 2.75) is 19.5 Å². The summed E-state index contributed by atoms with van der Waals surface area (Å²) in [6.45, 7) is 5.73. The quantitative estimate of drug-likeness (QED) is 0.102. The van der Waals surface area contributed by atoms with Gasteiger partial charge in [-0.05, 0) is 85.9 Å². The predicted molar refractivity (Wildman–Crippen MR) is 186 cm³/mol. The van der Waals surface area contributed by atoms with Crippen molar-refractivity contribution in [1.29, 1.82) is 0 Å². The van der Waals surface area contributed by atoms with E-state index in [2.05, 4.69) is 125 Å². The zero-order chi connectivity index (χ0) is 25.6. The normalized spacial score (nSPS) is 10.8. The first-order chi connectivity index (χ1) is 18.9. The van der Waals surface area contributed by atoms with Crippen LogP contribution in [-0.2, 0) is 13.1 Å². The van der Waals surface area contributed by atoms with Gasteiger partial charge >= 0.3 is 0 Å². The first kappa shape index (κ1) is 32.6. The van der Waals surface area contributed by atoms with Crippen LogP contribution in [0, 0.1) is 0 Å². The Bertz CT molecular complexity index is 1580. The van der Waals surface area contributed by atoms with Crippen LogP contribution in [0.5, 0.6) is 0 Å². The van der Waals surface area contributed by atoms with E-state index < -0.39 is 0 Å². The van der Waals surface area contributed by atoms with Gasteiger partial charge in [-0.2, -0.15) is 0 Å². The zero-order valence-corrected chi connectivity index (χ0v) is 25.5. The lowest BCUT2D eigenvalue weighted by Gasteiger charge is -2.12. The van der Waals surface area contributed by atoms with E-state index in [1.165, 1.54) is 54.2 Å². The van der Waals surface area contributed by atoms with Gasteiger partial charge in [-0.3, -0.25) is 0 Å². The smallest absolute Gasteiger partial charge is 0.0212 e. The molecular formula is C35H38Cl3N3. The van der Waals surface area contributed by atoms with Crippen LogP contribution in [0.15, 0.2) is 109 Å². The molecule has 6 aromatic rings. The molecule has 0 radical (unpaired) electrons. The minimum absolute atomic E-state index is 0. The Morgan fingerprint density at radius 3 is 1.24 bits per heavy atom. The van der Waals surface area contributed by atoms with Gasteiger partial charge in [0.2, 0.25) is 0 Å². The van der Waals surface area contributed by atoms with E-state index in [9.17, 15) is 0 Å². The van der Waals surface area contributed by atoms with E-state index in [-0.39, 0.29) is 37.2 Å². The Labute approximate surface area is 261 Å². The van der Waals surface area contributed by atoms with Gasteiger partial charge in [0.1, 0.15) is 0 Å². The van der Waals surface area contributed by atoms with Crippen molar-refractivity contribution >= 4 is 80.3 Å². The van der Waals surface area contributed by atoms with E-state index in [4.69, 9.17) is 0 Å². The van der Waals surface area contributed by atoms with Crippen molar-refractivity contribution < 1.29 is 0 Å². The number of nitrogens with one attached hydrogen (secondary N) is 3. The molecule has 3 N–H and O–H groups in total. The lowest BCUT2D eigenvalue weighted by molar-refractivity contribution is 0.573. The second-order valence-electron chi connectivity index (χ2n) is 10.1. The van der Waals surface area contributed by atoms with Crippen LogP contribution < -0.4 is 16.0 Å². The fraction of sp³-hybridized carbons (Fsp3) is 0.200. The highest BCUT2D eigenvalue weighted by Gasteiger charge is 2.07. The van der Waals surface area contributed by atoms with E-state index in [0.29, 0.717) is 0 Å². The molecule has 0 bridgehead atoms. The fourth-order valence-electron chi connectivity index (χ4n) is 5.64. The highest BCUT2D eigenvalue weighted by molar-refractivity contribution is 6.09. The third-order valence-electron chi connectivity index (χ3n) is 7.52. The molecular weight excluding hydrogens is 569 g/mol. The Balaban J connectivity index is 0.00000154. The molecule has 0 fully saturated rings. The van der Waals surface area contributed by atoms with Crippen LogP contribution in [0.1, 0.15) is 17.5 Å². The molecule has 214 valence electrons. The monoisotopic (exact) mass is 605 g/mol. The highest BCUT2D eigenvalue weighted by Crippen LogP contribution is 2.29. The first-order valence-electron chi connectivity index (χ1n) is 13.8. The molecule has 0 heterocycles. The van der Waals surface area contributed by atoms with Crippen LogP contribution in [0.2, 0.25) is 0 Å². The summed E-state index contributed by atoms with van der Waals surface area (Å²) in [5.41, 5.74) is 2.74. The maximum atomic E-state index is 3.66. The number of fused-ring (bicyclic) bond motifs is 6. The van der Waals surface area contributed by atoms with Gasteiger partial charge in [-0.1, -0.05) is 97.1 Å². The molecule has 0 saturated carbocycles. The second-order valence-corrected chi connectivity index (χ2v) is 10.1. The van der Waals surface area contributed by atoms with Gasteiger partial charge in [0.05, 0.1) is 0 Å². The molecule has 0 atom stereocenters. The minimum Gasteiger partial charge on any atom is -0.315 e. The predicted octanol–water partition coefficient (Wildman–Crippen LogP) is 8.42. The fourth-order valence-corrected chi connectivity index (χ4v) is 5.64. The summed E-state index contributed by atoms with van der Waals surface area (Å²) in [7, 11) is 0. The van der Waals surface area contributed by atoms with E-state index in [1.54, 1.807) is 0 Å². The van der Waals surface area contributed by atoms with E-state index in [0.717, 1.165) is 45.7 Å². The topological polar surface area (TPSA) is 36.1 Å². The largest absolute Gasteiger partial charge is 0.315 e.